The van der Waals surface area contributed by atoms with Crippen molar-refractivity contribution in [1.29, 1.82) is 0 Å². The number of fused-ring (bicyclic) bond motifs is 3. The van der Waals surface area contributed by atoms with E-state index in [1.165, 1.54) is 7.11 Å². The van der Waals surface area contributed by atoms with Gasteiger partial charge < -0.3 is 19.9 Å². The third-order valence-corrected chi connectivity index (χ3v) is 4.75. The third-order valence-electron chi connectivity index (χ3n) is 4.75. The Bertz CT molecular complexity index is 1010. The van der Waals surface area contributed by atoms with Gasteiger partial charge in [-0.2, -0.15) is 0 Å². The molecule has 2 aromatic rings. The summed E-state index contributed by atoms with van der Waals surface area (Å²) in [7, 11) is 1.30. The summed E-state index contributed by atoms with van der Waals surface area (Å²) >= 11 is 0. The predicted octanol–water partition coefficient (Wildman–Crippen LogP) is 1.68. The van der Waals surface area contributed by atoms with Gasteiger partial charge in [0.1, 0.15) is 6.61 Å². The van der Waals surface area contributed by atoms with Gasteiger partial charge in [-0.05, 0) is 28.2 Å². The molecule has 0 bridgehead atoms. The van der Waals surface area contributed by atoms with E-state index in [1.807, 2.05) is 54.0 Å². The Labute approximate surface area is 184 Å². The minimum Gasteiger partial charge on any atom is -0.479 e. The van der Waals surface area contributed by atoms with Crippen LogP contribution in [0.25, 0.3) is 11.1 Å². The summed E-state index contributed by atoms with van der Waals surface area (Å²) in [6.45, 7) is -0.214. The van der Waals surface area contributed by atoms with Crippen molar-refractivity contribution in [3.8, 4) is 23.0 Å². The molecule has 2 amide bonds. The maximum Gasteiger partial charge on any atom is 0.407 e. The van der Waals surface area contributed by atoms with Crippen LogP contribution in [0.4, 0.5) is 4.79 Å². The normalized spacial score (nSPS) is 12.5. The van der Waals surface area contributed by atoms with Crippen molar-refractivity contribution in [2.45, 2.75) is 12.0 Å². The van der Waals surface area contributed by atoms with Gasteiger partial charge in [-0.3, -0.25) is 9.63 Å². The summed E-state index contributed by atoms with van der Waals surface area (Å²) in [5.74, 6) is 2.38. The number of aliphatic carboxylic acids is 1. The SMILES string of the molecule is COCC(ONC(=O)C#CCNC(=O)OCC1c2ccccc2-c2ccccc21)C(=O)O. The lowest BCUT2D eigenvalue weighted by molar-refractivity contribution is -0.163. The van der Waals surface area contributed by atoms with Gasteiger partial charge in [-0.1, -0.05) is 54.5 Å². The number of carbonyl (C=O) groups is 3. The number of methoxy groups -OCH3 is 1. The maximum atomic E-state index is 12.0. The molecule has 1 atom stereocenters. The van der Waals surface area contributed by atoms with Gasteiger partial charge in [0.2, 0.25) is 6.10 Å². The van der Waals surface area contributed by atoms with Crippen LogP contribution in [0.3, 0.4) is 0 Å². The second kappa shape index (κ2) is 10.9. The fraction of sp³-hybridized carbons (Fsp3) is 0.261. The quantitative estimate of drug-likeness (QED) is 0.423. The molecule has 1 unspecified atom stereocenters. The fourth-order valence-corrected chi connectivity index (χ4v) is 3.35. The van der Waals surface area contributed by atoms with Crippen molar-refractivity contribution in [2.24, 2.45) is 0 Å². The fourth-order valence-electron chi connectivity index (χ4n) is 3.35. The Hall–Kier alpha value is -3.87. The highest BCUT2D eigenvalue weighted by atomic mass is 16.7. The van der Waals surface area contributed by atoms with Crippen LogP contribution in [0.1, 0.15) is 17.0 Å². The van der Waals surface area contributed by atoms with Gasteiger partial charge in [0.15, 0.2) is 0 Å². The summed E-state index contributed by atoms with van der Waals surface area (Å²) in [6.07, 6.45) is -2.02. The number of carbonyl (C=O) groups excluding carboxylic acids is 2. The van der Waals surface area contributed by atoms with Crippen molar-refractivity contribution in [2.75, 3.05) is 26.9 Å². The minimum absolute atomic E-state index is 0.0588. The van der Waals surface area contributed by atoms with E-state index >= 15 is 0 Å². The van der Waals surface area contributed by atoms with Gasteiger partial charge in [-0.15, -0.1) is 0 Å². The van der Waals surface area contributed by atoms with E-state index in [0.717, 1.165) is 22.3 Å². The van der Waals surface area contributed by atoms with Crippen LogP contribution in [-0.2, 0) is 23.9 Å². The second-order valence-electron chi connectivity index (χ2n) is 6.81. The summed E-state index contributed by atoms with van der Waals surface area (Å²) in [6, 6.07) is 16.0. The highest BCUT2D eigenvalue weighted by Gasteiger charge is 2.28. The first kappa shape index (κ1) is 22.8. The van der Waals surface area contributed by atoms with Crippen molar-refractivity contribution < 1.29 is 33.8 Å². The molecule has 9 nitrogen and oxygen atoms in total. The Morgan fingerprint density at radius 2 is 1.69 bits per heavy atom. The first-order valence-corrected chi connectivity index (χ1v) is 9.76. The van der Waals surface area contributed by atoms with E-state index in [9.17, 15) is 14.4 Å². The number of nitrogens with one attached hydrogen (secondary N) is 2. The molecule has 1 aliphatic carbocycles. The average Bonchev–Trinajstić information content (AvgIpc) is 3.11. The van der Waals surface area contributed by atoms with Gasteiger partial charge in [0, 0.05) is 13.0 Å². The molecule has 9 heteroatoms. The van der Waals surface area contributed by atoms with Crippen LogP contribution in [-0.4, -0.2) is 56.0 Å². The number of hydrogen-bond acceptors (Lipinski definition) is 6. The molecule has 0 aromatic heterocycles. The van der Waals surface area contributed by atoms with E-state index in [1.54, 1.807) is 0 Å². The van der Waals surface area contributed by atoms with Crippen LogP contribution in [0.5, 0.6) is 0 Å². The first-order valence-electron chi connectivity index (χ1n) is 9.76. The number of hydrogen-bond donors (Lipinski definition) is 3. The minimum atomic E-state index is -1.36. The predicted molar refractivity (Wildman–Crippen MR) is 113 cm³/mol. The average molecular weight is 438 g/mol. The Kier molecular flexibility index (Phi) is 7.80. The zero-order chi connectivity index (χ0) is 22.9. The van der Waals surface area contributed by atoms with Crippen LogP contribution in [0.15, 0.2) is 48.5 Å². The Balaban J connectivity index is 1.45. The Morgan fingerprint density at radius 1 is 1.06 bits per heavy atom. The number of alkyl carbamates (subject to hydrolysis) is 1. The molecular weight excluding hydrogens is 416 g/mol. The molecule has 2 aromatic carbocycles. The lowest BCUT2D eigenvalue weighted by atomic mass is 9.98. The standard InChI is InChI=1S/C23H22N2O7/c1-30-14-20(22(27)28)32-25-21(26)11-6-12-24-23(29)31-13-19-17-9-4-2-7-15(17)16-8-3-5-10-18(16)19/h2-5,7-10,19-20H,12-14H2,1H3,(H,24,29)(H,25,26)(H,27,28). The van der Waals surface area contributed by atoms with Crippen molar-refractivity contribution >= 4 is 18.0 Å². The molecule has 0 spiro atoms. The largest absolute Gasteiger partial charge is 0.479 e. The molecule has 0 saturated carbocycles. The number of hydroxylamine groups is 1. The van der Waals surface area contributed by atoms with Crippen LogP contribution in [0.2, 0.25) is 0 Å². The molecule has 3 N–H and O–H groups in total. The van der Waals surface area contributed by atoms with Gasteiger partial charge in [-0.25, -0.2) is 15.1 Å². The van der Waals surface area contributed by atoms with Crippen LogP contribution in [0, 0.1) is 11.8 Å². The molecule has 3 rings (SSSR count). The zero-order valence-electron chi connectivity index (χ0n) is 17.3. The topological polar surface area (TPSA) is 123 Å². The molecule has 1 aliphatic rings. The zero-order valence-corrected chi connectivity index (χ0v) is 17.3. The molecule has 0 fully saturated rings. The van der Waals surface area contributed by atoms with Crippen molar-refractivity contribution in [3.05, 3.63) is 59.7 Å². The number of carboxylic acids is 1. The van der Waals surface area contributed by atoms with Crippen LogP contribution >= 0.6 is 0 Å². The first-order chi connectivity index (χ1) is 15.5. The second-order valence-corrected chi connectivity index (χ2v) is 6.81. The highest BCUT2D eigenvalue weighted by Crippen LogP contribution is 2.44. The summed E-state index contributed by atoms with van der Waals surface area (Å²) in [5.41, 5.74) is 6.37. The number of amides is 2. The summed E-state index contributed by atoms with van der Waals surface area (Å²) < 4.78 is 10.0. The molecule has 0 aliphatic heterocycles. The number of benzene rings is 2. The van der Waals surface area contributed by atoms with E-state index < -0.39 is 24.1 Å². The molecule has 0 saturated heterocycles. The van der Waals surface area contributed by atoms with Gasteiger partial charge in [0.05, 0.1) is 13.2 Å². The van der Waals surface area contributed by atoms with E-state index in [-0.39, 0.29) is 25.7 Å². The lowest BCUT2D eigenvalue weighted by Crippen LogP contribution is -2.36. The highest BCUT2D eigenvalue weighted by molar-refractivity contribution is 5.92. The molecular formula is C23H22N2O7. The maximum absolute atomic E-state index is 12.0. The van der Waals surface area contributed by atoms with Gasteiger partial charge in [0.25, 0.3) is 0 Å². The van der Waals surface area contributed by atoms with Crippen LogP contribution < -0.4 is 10.8 Å². The molecule has 166 valence electrons. The number of rotatable bonds is 8. The summed E-state index contributed by atoms with van der Waals surface area (Å²) in [5, 5.41) is 11.3. The lowest BCUT2D eigenvalue weighted by Gasteiger charge is -2.14. The van der Waals surface area contributed by atoms with Gasteiger partial charge >= 0.3 is 18.0 Å². The monoisotopic (exact) mass is 438 g/mol. The smallest absolute Gasteiger partial charge is 0.407 e. The van der Waals surface area contributed by atoms with E-state index in [4.69, 9.17) is 14.7 Å². The van der Waals surface area contributed by atoms with E-state index in [0.29, 0.717) is 0 Å². The third kappa shape index (κ3) is 5.63. The molecule has 32 heavy (non-hydrogen) atoms. The summed E-state index contributed by atoms with van der Waals surface area (Å²) in [4.78, 5) is 39.2. The van der Waals surface area contributed by atoms with Crippen molar-refractivity contribution in [3.63, 3.8) is 0 Å². The number of carboxylic acid groups (broad SMARTS) is 1. The Morgan fingerprint density at radius 3 is 2.28 bits per heavy atom. The molecule has 0 radical (unpaired) electrons. The van der Waals surface area contributed by atoms with E-state index in [2.05, 4.69) is 21.9 Å². The van der Waals surface area contributed by atoms with Crippen molar-refractivity contribution in [1.82, 2.24) is 10.8 Å². The molecule has 0 heterocycles. The number of ether oxygens (including phenoxy) is 2.